The Labute approximate surface area is 200 Å². The van der Waals surface area contributed by atoms with Crippen molar-refractivity contribution in [1.29, 1.82) is 0 Å². The standard InChI is InChI=1S/C22H25ClFN5O3S/c1-12-9-28(5-6-29(12)20-19-13(2)33-10-18(19)25-11-26-20)21(30)17(27-22(31)32)8-14-3-4-15(23)16(24)7-14/h3-4,7,11-13,17,27H,5-6,8-10H2,1-2H3,(H,31,32)/t12-,13-,17+/m0/s1. The number of carbonyl (C=O) groups is 2. The van der Waals surface area contributed by atoms with Crippen LogP contribution in [0.1, 0.15) is 35.9 Å². The van der Waals surface area contributed by atoms with Crippen LogP contribution in [0.15, 0.2) is 24.5 Å². The van der Waals surface area contributed by atoms with Crippen molar-refractivity contribution in [2.24, 2.45) is 0 Å². The van der Waals surface area contributed by atoms with Gasteiger partial charge in [-0.3, -0.25) is 4.79 Å². The molecule has 2 N–H and O–H groups in total. The zero-order valence-electron chi connectivity index (χ0n) is 18.3. The number of piperazine rings is 1. The Morgan fingerprint density at radius 3 is 2.82 bits per heavy atom. The summed E-state index contributed by atoms with van der Waals surface area (Å²) < 4.78 is 13.8. The van der Waals surface area contributed by atoms with Crippen LogP contribution in [0, 0.1) is 5.82 Å². The highest BCUT2D eigenvalue weighted by Crippen LogP contribution is 2.44. The molecule has 0 bridgehead atoms. The number of hydrogen-bond acceptors (Lipinski definition) is 6. The molecule has 33 heavy (non-hydrogen) atoms. The lowest BCUT2D eigenvalue weighted by Gasteiger charge is -2.42. The predicted molar refractivity (Wildman–Crippen MR) is 125 cm³/mol. The van der Waals surface area contributed by atoms with Crippen molar-refractivity contribution in [3.05, 3.63) is 52.2 Å². The van der Waals surface area contributed by atoms with E-state index in [4.69, 9.17) is 11.6 Å². The van der Waals surface area contributed by atoms with Crippen molar-refractivity contribution in [2.75, 3.05) is 24.5 Å². The van der Waals surface area contributed by atoms with Crippen LogP contribution in [0.25, 0.3) is 0 Å². The summed E-state index contributed by atoms with van der Waals surface area (Å²) in [5, 5.41) is 11.8. The molecule has 4 rings (SSSR count). The number of carbonyl (C=O) groups excluding carboxylic acids is 1. The van der Waals surface area contributed by atoms with E-state index in [1.54, 1.807) is 17.3 Å². The van der Waals surface area contributed by atoms with Crippen LogP contribution in [0.2, 0.25) is 5.02 Å². The number of hydrogen-bond donors (Lipinski definition) is 2. The Morgan fingerprint density at radius 2 is 2.12 bits per heavy atom. The molecule has 3 heterocycles. The van der Waals surface area contributed by atoms with Crippen LogP contribution in [-0.2, 0) is 17.0 Å². The second-order valence-corrected chi connectivity index (χ2v) is 10.0. The molecular weight excluding hydrogens is 469 g/mol. The molecular formula is C22H25ClFN5O3S. The number of benzene rings is 1. The molecule has 0 spiro atoms. The summed E-state index contributed by atoms with van der Waals surface area (Å²) in [6, 6.07) is 3.17. The molecule has 3 atom stereocenters. The van der Waals surface area contributed by atoms with Crippen LogP contribution in [0.4, 0.5) is 15.0 Å². The van der Waals surface area contributed by atoms with Crippen molar-refractivity contribution in [2.45, 2.75) is 43.4 Å². The third-order valence-corrected chi connectivity index (χ3v) is 7.54. The Kier molecular flexibility index (Phi) is 6.94. The smallest absolute Gasteiger partial charge is 0.405 e. The van der Waals surface area contributed by atoms with Crippen LogP contribution in [0.5, 0.6) is 0 Å². The average Bonchev–Trinajstić information content (AvgIpc) is 3.16. The quantitative estimate of drug-likeness (QED) is 0.657. The van der Waals surface area contributed by atoms with Gasteiger partial charge in [-0.15, -0.1) is 11.8 Å². The van der Waals surface area contributed by atoms with Crippen molar-refractivity contribution in [3.8, 4) is 0 Å². The first kappa shape index (κ1) is 23.6. The van der Waals surface area contributed by atoms with E-state index in [9.17, 15) is 19.1 Å². The minimum atomic E-state index is -1.31. The zero-order chi connectivity index (χ0) is 23.7. The second-order valence-electron chi connectivity index (χ2n) is 8.29. The van der Waals surface area contributed by atoms with Crippen molar-refractivity contribution < 1.29 is 19.1 Å². The van der Waals surface area contributed by atoms with E-state index in [-0.39, 0.29) is 23.4 Å². The molecule has 0 unspecified atom stereocenters. The molecule has 2 aromatic rings. The number of fused-ring (bicyclic) bond motifs is 1. The summed E-state index contributed by atoms with van der Waals surface area (Å²) >= 11 is 7.57. The summed E-state index contributed by atoms with van der Waals surface area (Å²) in [6.07, 6.45) is 0.314. The fourth-order valence-corrected chi connectivity index (χ4v) is 5.58. The van der Waals surface area contributed by atoms with Crippen LogP contribution >= 0.6 is 23.4 Å². The highest BCUT2D eigenvalue weighted by molar-refractivity contribution is 7.99. The summed E-state index contributed by atoms with van der Waals surface area (Å²) in [4.78, 5) is 37.4. The number of rotatable bonds is 5. The van der Waals surface area contributed by atoms with Crippen molar-refractivity contribution in [3.63, 3.8) is 0 Å². The third-order valence-electron chi connectivity index (χ3n) is 6.05. The number of carboxylic acid groups (broad SMARTS) is 1. The fraction of sp³-hybridized carbons (Fsp3) is 0.455. The number of halogens is 2. The molecule has 1 fully saturated rings. The van der Waals surface area contributed by atoms with Gasteiger partial charge in [0, 0.05) is 48.7 Å². The minimum Gasteiger partial charge on any atom is -0.465 e. The number of amides is 2. The van der Waals surface area contributed by atoms with Gasteiger partial charge in [0.15, 0.2) is 0 Å². The molecule has 2 aliphatic rings. The average molecular weight is 494 g/mol. The lowest BCUT2D eigenvalue weighted by molar-refractivity contribution is -0.134. The number of thioether (sulfide) groups is 1. The highest BCUT2D eigenvalue weighted by atomic mass is 35.5. The molecule has 2 amide bonds. The fourth-order valence-electron chi connectivity index (χ4n) is 4.41. The van der Waals surface area contributed by atoms with Gasteiger partial charge in [0.25, 0.3) is 0 Å². The van der Waals surface area contributed by atoms with Gasteiger partial charge in [0.2, 0.25) is 5.91 Å². The van der Waals surface area contributed by atoms with E-state index in [0.29, 0.717) is 30.4 Å². The van der Waals surface area contributed by atoms with Gasteiger partial charge < -0.3 is 20.2 Å². The first-order valence-corrected chi connectivity index (χ1v) is 12.1. The normalized spacial score (nSPS) is 21.0. The topological polar surface area (TPSA) is 98.7 Å². The van der Waals surface area contributed by atoms with Gasteiger partial charge >= 0.3 is 6.09 Å². The predicted octanol–water partition coefficient (Wildman–Crippen LogP) is 3.49. The van der Waals surface area contributed by atoms with Gasteiger partial charge in [-0.1, -0.05) is 17.7 Å². The highest BCUT2D eigenvalue weighted by Gasteiger charge is 2.35. The summed E-state index contributed by atoms with van der Waals surface area (Å²) in [6.45, 7) is 5.59. The number of nitrogens with zero attached hydrogens (tertiary/aromatic N) is 4. The lowest BCUT2D eigenvalue weighted by Crippen LogP contribution is -2.58. The van der Waals surface area contributed by atoms with Crippen molar-refractivity contribution >= 4 is 41.2 Å². The summed E-state index contributed by atoms with van der Waals surface area (Å²) in [7, 11) is 0. The molecule has 8 nitrogen and oxygen atoms in total. The van der Waals surface area contributed by atoms with Crippen LogP contribution in [-0.4, -0.2) is 63.7 Å². The molecule has 0 saturated carbocycles. The van der Waals surface area contributed by atoms with Gasteiger partial charge in [0.05, 0.1) is 10.7 Å². The lowest BCUT2D eigenvalue weighted by atomic mass is 10.0. The largest absolute Gasteiger partial charge is 0.465 e. The molecule has 1 aromatic heterocycles. The zero-order valence-corrected chi connectivity index (χ0v) is 19.9. The van der Waals surface area contributed by atoms with E-state index in [2.05, 4.69) is 27.1 Å². The second kappa shape index (κ2) is 9.72. The molecule has 2 aliphatic heterocycles. The van der Waals surface area contributed by atoms with Crippen molar-refractivity contribution in [1.82, 2.24) is 20.2 Å². The molecule has 1 saturated heterocycles. The SMILES string of the molecule is C[C@@H]1SCc2ncnc(N3CCN(C(=O)[C@@H](Cc4ccc(Cl)c(F)c4)NC(=O)O)C[C@@H]3C)c21. The molecule has 1 aromatic carbocycles. The Hall–Kier alpha value is -2.59. The van der Waals surface area contributed by atoms with E-state index in [0.717, 1.165) is 22.8 Å². The maximum Gasteiger partial charge on any atom is 0.405 e. The van der Waals surface area contributed by atoms with Crippen LogP contribution < -0.4 is 10.2 Å². The number of anilines is 1. The molecule has 0 radical (unpaired) electrons. The summed E-state index contributed by atoms with van der Waals surface area (Å²) in [5.41, 5.74) is 2.70. The van der Waals surface area contributed by atoms with E-state index in [1.165, 1.54) is 12.1 Å². The van der Waals surface area contributed by atoms with E-state index in [1.807, 2.05) is 18.7 Å². The van der Waals surface area contributed by atoms with E-state index < -0.39 is 18.0 Å². The first-order valence-electron chi connectivity index (χ1n) is 10.7. The van der Waals surface area contributed by atoms with Gasteiger partial charge in [-0.05, 0) is 31.5 Å². The number of aromatic nitrogens is 2. The Bertz CT molecular complexity index is 1070. The first-order chi connectivity index (χ1) is 15.7. The van der Waals surface area contributed by atoms with Gasteiger partial charge in [-0.2, -0.15) is 0 Å². The Morgan fingerprint density at radius 1 is 1.33 bits per heavy atom. The Balaban J connectivity index is 1.49. The van der Waals surface area contributed by atoms with Gasteiger partial charge in [0.1, 0.15) is 24.0 Å². The molecule has 0 aliphatic carbocycles. The van der Waals surface area contributed by atoms with E-state index >= 15 is 0 Å². The maximum atomic E-state index is 13.8. The summed E-state index contributed by atoms with van der Waals surface area (Å²) in [5.74, 6) is 0.833. The maximum absolute atomic E-state index is 13.8. The van der Waals surface area contributed by atoms with Crippen LogP contribution in [0.3, 0.4) is 0 Å². The minimum absolute atomic E-state index is 0.0158. The number of nitrogens with one attached hydrogen (secondary N) is 1. The third kappa shape index (κ3) is 5.01. The monoisotopic (exact) mass is 493 g/mol. The van der Waals surface area contributed by atoms with Gasteiger partial charge in [-0.25, -0.2) is 19.2 Å². The molecule has 176 valence electrons. The molecule has 11 heteroatoms.